The SMILES string of the molecule is COc1ccc(/C(C)=C/[C@@H](C)O)cc1. The van der Waals surface area contributed by atoms with Crippen LogP contribution in [-0.2, 0) is 0 Å². The molecular weight excluding hydrogens is 176 g/mol. The van der Waals surface area contributed by atoms with Gasteiger partial charge < -0.3 is 9.84 Å². The largest absolute Gasteiger partial charge is 0.497 e. The van der Waals surface area contributed by atoms with Crippen LogP contribution in [0.4, 0.5) is 0 Å². The van der Waals surface area contributed by atoms with Crippen molar-refractivity contribution in [3.63, 3.8) is 0 Å². The van der Waals surface area contributed by atoms with Gasteiger partial charge in [-0.2, -0.15) is 0 Å². The standard InChI is InChI=1S/C12H16O2/c1-9(8-10(2)13)11-4-6-12(14-3)7-5-11/h4-8,10,13H,1-3H3/b9-8+/t10-/m1/s1. The molecule has 2 heteroatoms. The summed E-state index contributed by atoms with van der Waals surface area (Å²) in [4.78, 5) is 0. The first-order chi connectivity index (χ1) is 6.63. The zero-order valence-electron chi connectivity index (χ0n) is 8.82. The number of methoxy groups -OCH3 is 1. The van der Waals surface area contributed by atoms with E-state index >= 15 is 0 Å². The number of aliphatic hydroxyl groups excluding tert-OH is 1. The molecule has 0 fully saturated rings. The molecule has 0 unspecified atom stereocenters. The molecule has 0 radical (unpaired) electrons. The Morgan fingerprint density at radius 2 is 1.93 bits per heavy atom. The number of ether oxygens (including phenoxy) is 1. The van der Waals surface area contributed by atoms with Crippen molar-refractivity contribution in [1.29, 1.82) is 0 Å². The van der Waals surface area contributed by atoms with Gasteiger partial charge in [-0.25, -0.2) is 0 Å². The lowest BCUT2D eigenvalue weighted by molar-refractivity contribution is 0.244. The summed E-state index contributed by atoms with van der Waals surface area (Å²) in [7, 11) is 1.65. The van der Waals surface area contributed by atoms with E-state index in [0.717, 1.165) is 16.9 Å². The second kappa shape index (κ2) is 4.82. The summed E-state index contributed by atoms with van der Waals surface area (Å²) in [5, 5.41) is 9.18. The predicted octanol–water partition coefficient (Wildman–Crippen LogP) is 2.48. The minimum atomic E-state index is -0.405. The number of hydrogen-bond acceptors (Lipinski definition) is 2. The molecule has 0 aromatic heterocycles. The van der Waals surface area contributed by atoms with Crippen LogP contribution in [0.1, 0.15) is 19.4 Å². The molecule has 0 aliphatic heterocycles. The Labute approximate surface area is 84.8 Å². The quantitative estimate of drug-likeness (QED) is 0.797. The molecule has 0 saturated heterocycles. The first kappa shape index (κ1) is 10.8. The fourth-order valence-electron chi connectivity index (χ4n) is 1.31. The van der Waals surface area contributed by atoms with Crippen molar-refractivity contribution in [2.45, 2.75) is 20.0 Å². The van der Waals surface area contributed by atoms with E-state index in [9.17, 15) is 5.11 Å². The first-order valence-corrected chi connectivity index (χ1v) is 4.64. The van der Waals surface area contributed by atoms with Gasteiger partial charge in [0.05, 0.1) is 13.2 Å². The van der Waals surface area contributed by atoms with Gasteiger partial charge in [0.1, 0.15) is 5.75 Å². The average Bonchev–Trinajstić information content (AvgIpc) is 2.17. The maximum Gasteiger partial charge on any atom is 0.118 e. The Hall–Kier alpha value is -1.28. The van der Waals surface area contributed by atoms with Crippen LogP contribution >= 0.6 is 0 Å². The molecule has 1 rings (SSSR count). The average molecular weight is 192 g/mol. The van der Waals surface area contributed by atoms with E-state index in [1.165, 1.54) is 0 Å². The van der Waals surface area contributed by atoms with Gasteiger partial charge in [-0.1, -0.05) is 18.2 Å². The van der Waals surface area contributed by atoms with Crippen LogP contribution < -0.4 is 4.74 Å². The molecule has 0 aliphatic rings. The summed E-state index contributed by atoms with van der Waals surface area (Å²) < 4.78 is 5.06. The molecule has 0 spiro atoms. The summed E-state index contributed by atoms with van der Waals surface area (Å²) in [5.41, 5.74) is 2.18. The van der Waals surface area contributed by atoms with Gasteiger partial charge in [-0.15, -0.1) is 0 Å². The maximum absolute atomic E-state index is 9.18. The van der Waals surface area contributed by atoms with Gasteiger partial charge in [0.25, 0.3) is 0 Å². The summed E-state index contributed by atoms with van der Waals surface area (Å²) in [6, 6.07) is 7.78. The van der Waals surface area contributed by atoms with Gasteiger partial charge >= 0.3 is 0 Å². The fraction of sp³-hybridized carbons (Fsp3) is 0.333. The molecule has 0 amide bonds. The lowest BCUT2D eigenvalue weighted by Gasteiger charge is -2.05. The third-order valence-electron chi connectivity index (χ3n) is 2.04. The van der Waals surface area contributed by atoms with Gasteiger partial charge in [0.15, 0.2) is 0 Å². The van der Waals surface area contributed by atoms with E-state index < -0.39 is 6.10 Å². The number of benzene rings is 1. The highest BCUT2D eigenvalue weighted by Crippen LogP contribution is 2.18. The number of allylic oxidation sites excluding steroid dienone is 1. The van der Waals surface area contributed by atoms with E-state index in [4.69, 9.17) is 4.74 Å². The van der Waals surface area contributed by atoms with Gasteiger partial charge in [-0.05, 0) is 37.1 Å². The Kier molecular flexibility index (Phi) is 3.72. The van der Waals surface area contributed by atoms with E-state index in [1.54, 1.807) is 14.0 Å². The van der Waals surface area contributed by atoms with Crippen LogP contribution in [0.25, 0.3) is 5.57 Å². The topological polar surface area (TPSA) is 29.5 Å². The zero-order valence-corrected chi connectivity index (χ0v) is 8.82. The minimum Gasteiger partial charge on any atom is -0.497 e. The van der Waals surface area contributed by atoms with Crippen LogP contribution in [0.2, 0.25) is 0 Å². The van der Waals surface area contributed by atoms with Gasteiger partial charge in [0, 0.05) is 0 Å². The van der Waals surface area contributed by atoms with Crippen LogP contribution in [0.15, 0.2) is 30.3 Å². The molecule has 0 saturated carbocycles. The molecule has 76 valence electrons. The first-order valence-electron chi connectivity index (χ1n) is 4.64. The van der Waals surface area contributed by atoms with Crippen LogP contribution in [-0.4, -0.2) is 18.3 Å². The van der Waals surface area contributed by atoms with Crippen molar-refractivity contribution in [3.05, 3.63) is 35.9 Å². The Bertz CT molecular complexity index is 310. The lowest BCUT2D eigenvalue weighted by Crippen LogP contribution is -1.94. The molecule has 2 nitrogen and oxygen atoms in total. The summed E-state index contributed by atoms with van der Waals surface area (Å²) >= 11 is 0. The Morgan fingerprint density at radius 1 is 1.36 bits per heavy atom. The van der Waals surface area contributed by atoms with Gasteiger partial charge in [-0.3, -0.25) is 0 Å². The minimum absolute atomic E-state index is 0.405. The third-order valence-corrected chi connectivity index (χ3v) is 2.04. The molecule has 0 aliphatic carbocycles. The van der Waals surface area contributed by atoms with Crippen LogP contribution in [0.5, 0.6) is 5.75 Å². The summed E-state index contributed by atoms with van der Waals surface area (Å²) in [6.07, 6.45) is 1.42. The molecule has 14 heavy (non-hydrogen) atoms. The van der Waals surface area contributed by atoms with Crippen LogP contribution in [0, 0.1) is 0 Å². The second-order valence-corrected chi connectivity index (χ2v) is 3.32. The van der Waals surface area contributed by atoms with E-state index in [1.807, 2.05) is 37.3 Å². The number of aliphatic hydroxyl groups is 1. The monoisotopic (exact) mass is 192 g/mol. The predicted molar refractivity (Wildman–Crippen MR) is 58.3 cm³/mol. The van der Waals surface area contributed by atoms with Crippen molar-refractivity contribution in [1.82, 2.24) is 0 Å². The molecule has 1 N–H and O–H groups in total. The highest BCUT2D eigenvalue weighted by Gasteiger charge is 1.97. The third kappa shape index (κ3) is 2.89. The number of rotatable bonds is 3. The smallest absolute Gasteiger partial charge is 0.118 e. The van der Waals surface area contributed by atoms with E-state index in [2.05, 4.69) is 0 Å². The highest BCUT2D eigenvalue weighted by atomic mass is 16.5. The molecule has 1 aromatic carbocycles. The summed E-state index contributed by atoms with van der Waals surface area (Å²) in [5.74, 6) is 0.846. The number of hydrogen-bond donors (Lipinski definition) is 1. The highest BCUT2D eigenvalue weighted by molar-refractivity contribution is 5.64. The van der Waals surface area contributed by atoms with Crippen molar-refractivity contribution in [3.8, 4) is 5.75 Å². The van der Waals surface area contributed by atoms with E-state index in [0.29, 0.717) is 0 Å². The second-order valence-electron chi connectivity index (χ2n) is 3.32. The summed E-state index contributed by atoms with van der Waals surface area (Å²) in [6.45, 7) is 3.72. The fourth-order valence-corrected chi connectivity index (χ4v) is 1.31. The maximum atomic E-state index is 9.18. The Balaban J connectivity index is 2.86. The van der Waals surface area contributed by atoms with Crippen LogP contribution in [0.3, 0.4) is 0 Å². The zero-order chi connectivity index (χ0) is 10.6. The van der Waals surface area contributed by atoms with Gasteiger partial charge in [0.2, 0.25) is 0 Å². The molecule has 1 aromatic rings. The van der Waals surface area contributed by atoms with Crippen molar-refractivity contribution >= 4 is 5.57 Å². The molecular formula is C12H16O2. The Morgan fingerprint density at radius 3 is 2.36 bits per heavy atom. The van der Waals surface area contributed by atoms with Crippen molar-refractivity contribution < 1.29 is 9.84 Å². The molecule has 0 bridgehead atoms. The van der Waals surface area contributed by atoms with Crippen molar-refractivity contribution in [2.75, 3.05) is 7.11 Å². The lowest BCUT2D eigenvalue weighted by atomic mass is 10.1. The van der Waals surface area contributed by atoms with E-state index in [-0.39, 0.29) is 0 Å². The van der Waals surface area contributed by atoms with Crippen molar-refractivity contribution in [2.24, 2.45) is 0 Å². The normalized spacial score (nSPS) is 13.9. The molecule has 0 heterocycles. The molecule has 1 atom stereocenters.